The van der Waals surface area contributed by atoms with Crippen LogP contribution in [0.1, 0.15) is 13.3 Å². The number of benzene rings is 1. The number of anilines is 1. The standard InChI is InChI=1S/C13H16FN3O/c1-8-4-5-17(7-12(8)18)13-15-10-3-2-9(14)6-11(10)16-13/h2-3,6,8,12,18H,4-5,7H2,1H3,(H,15,16). The molecule has 4 nitrogen and oxygen atoms in total. The van der Waals surface area contributed by atoms with Crippen LogP contribution in [0, 0.1) is 11.7 Å². The number of piperidine rings is 1. The molecule has 0 bridgehead atoms. The molecule has 3 rings (SSSR count). The molecule has 1 saturated heterocycles. The van der Waals surface area contributed by atoms with E-state index in [2.05, 4.69) is 16.9 Å². The zero-order valence-corrected chi connectivity index (χ0v) is 10.2. The normalized spacial score (nSPS) is 24.7. The highest BCUT2D eigenvalue weighted by molar-refractivity contribution is 5.77. The number of fused-ring (bicyclic) bond motifs is 1. The van der Waals surface area contributed by atoms with Crippen LogP contribution in [-0.4, -0.2) is 34.3 Å². The van der Waals surface area contributed by atoms with Crippen molar-refractivity contribution in [3.63, 3.8) is 0 Å². The van der Waals surface area contributed by atoms with E-state index in [-0.39, 0.29) is 11.9 Å². The molecule has 0 aliphatic carbocycles. The molecule has 1 aliphatic rings. The summed E-state index contributed by atoms with van der Waals surface area (Å²) in [5.41, 5.74) is 1.44. The van der Waals surface area contributed by atoms with Gasteiger partial charge in [0.25, 0.3) is 0 Å². The molecule has 1 fully saturated rings. The van der Waals surface area contributed by atoms with Crippen molar-refractivity contribution in [1.82, 2.24) is 9.97 Å². The lowest BCUT2D eigenvalue weighted by molar-refractivity contribution is 0.102. The predicted molar refractivity (Wildman–Crippen MR) is 68.1 cm³/mol. The Labute approximate surface area is 104 Å². The van der Waals surface area contributed by atoms with E-state index < -0.39 is 0 Å². The van der Waals surface area contributed by atoms with Crippen molar-refractivity contribution in [2.75, 3.05) is 18.0 Å². The number of aromatic nitrogens is 2. The zero-order chi connectivity index (χ0) is 12.7. The fourth-order valence-corrected chi connectivity index (χ4v) is 2.36. The molecule has 18 heavy (non-hydrogen) atoms. The van der Waals surface area contributed by atoms with Crippen LogP contribution in [0.15, 0.2) is 18.2 Å². The van der Waals surface area contributed by atoms with Crippen molar-refractivity contribution in [2.45, 2.75) is 19.4 Å². The lowest BCUT2D eigenvalue weighted by Gasteiger charge is -2.33. The Kier molecular flexibility index (Phi) is 2.70. The number of nitrogens with zero attached hydrogens (tertiary/aromatic N) is 2. The predicted octanol–water partition coefficient (Wildman–Crippen LogP) is 1.91. The second-order valence-corrected chi connectivity index (χ2v) is 5.00. The minimum atomic E-state index is -0.330. The molecule has 2 N–H and O–H groups in total. The molecule has 2 heterocycles. The highest BCUT2D eigenvalue weighted by Gasteiger charge is 2.25. The topological polar surface area (TPSA) is 52.2 Å². The highest BCUT2D eigenvalue weighted by Crippen LogP contribution is 2.23. The molecule has 0 radical (unpaired) electrons. The van der Waals surface area contributed by atoms with Crippen LogP contribution in [0.25, 0.3) is 11.0 Å². The van der Waals surface area contributed by atoms with Crippen LogP contribution in [0.2, 0.25) is 0 Å². The number of H-pyrrole nitrogens is 1. The summed E-state index contributed by atoms with van der Waals surface area (Å²) < 4.78 is 13.1. The van der Waals surface area contributed by atoms with E-state index in [0.29, 0.717) is 23.9 Å². The lowest BCUT2D eigenvalue weighted by Crippen LogP contribution is -2.43. The van der Waals surface area contributed by atoms with E-state index >= 15 is 0 Å². The Morgan fingerprint density at radius 3 is 3.11 bits per heavy atom. The summed E-state index contributed by atoms with van der Waals surface area (Å²) in [5, 5.41) is 9.89. The molecule has 5 heteroatoms. The van der Waals surface area contributed by atoms with Crippen molar-refractivity contribution < 1.29 is 9.50 Å². The summed E-state index contributed by atoms with van der Waals surface area (Å²) in [7, 11) is 0. The SMILES string of the molecule is CC1CCN(c2nc3ccc(F)cc3[nH]2)CC1O. The largest absolute Gasteiger partial charge is 0.391 e. The molecule has 2 atom stereocenters. The summed E-state index contributed by atoms with van der Waals surface area (Å²) in [5.74, 6) is 0.759. The van der Waals surface area contributed by atoms with E-state index in [1.54, 1.807) is 6.07 Å². The summed E-state index contributed by atoms with van der Waals surface area (Å²) in [4.78, 5) is 9.55. The van der Waals surface area contributed by atoms with Gasteiger partial charge in [-0.2, -0.15) is 0 Å². The average molecular weight is 249 g/mol. The van der Waals surface area contributed by atoms with Gasteiger partial charge in [0.2, 0.25) is 5.95 Å². The van der Waals surface area contributed by atoms with Gasteiger partial charge in [0, 0.05) is 13.1 Å². The molecular formula is C13H16FN3O. The van der Waals surface area contributed by atoms with Gasteiger partial charge < -0.3 is 15.0 Å². The fourth-order valence-electron chi connectivity index (χ4n) is 2.36. The maximum Gasteiger partial charge on any atom is 0.203 e. The Morgan fingerprint density at radius 1 is 1.50 bits per heavy atom. The Balaban J connectivity index is 1.90. The number of aliphatic hydroxyl groups is 1. The van der Waals surface area contributed by atoms with E-state index in [1.807, 2.05) is 4.90 Å². The average Bonchev–Trinajstić information content (AvgIpc) is 2.75. The number of aliphatic hydroxyl groups excluding tert-OH is 1. The van der Waals surface area contributed by atoms with Crippen LogP contribution in [-0.2, 0) is 0 Å². The number of hydrogen-bond donors (Lipinski definition) is 2. The first-order valence-electron chi connectivity index (χ1n) is 6.22. The van der Waals surface area contributed by atoms with Gasteiger partial charge in [-0.3, -0.25) is 0 Å². The second-order valence-electron chi connectivity index (χ2n) is 5.00. The van der Waals surface area contributed by atoms with Gasteiger partial charge in [0.15, 0.2) is 0 Å². The number of imidazole rings is 1. The van der Waals surface area contributed by atoms with E-state index in [1.165, 1.54) is 12.1 Å². The Hall–Kier alpha value is -1.62. The minimum absolute atomic E-state index is 0.273. The van der Waals surface area contributed by atoms with Crippen molar-refractivity contribution in [1.29, 1.82) is 0 Å². The van der Waals surface area contributed by atoms with Crippen LogP contribution < -0.4 is 4.90 Å². The molecule has 0 amide bonds. The smallest absolute Gasteiger partial charge is 0.203 e. The van der Waals surface area contributed by atoms with Crippen LogP contribution in [0.5, 0.6) is 0 Å². The van der Waals surface area contributed by atoms with Gasteiger partial charge in [-0.05, 0) is 30.5 Å². The van der Waals surface area contributed by atoms with Gasteiger partial charge in [-0.15, -0.1) is 0 Å². The van der Waals surface area contributed by atoms with Crippen LogP contribution in [0.3, 0.4) is 0 Å². The molecule has 0 spiro atoms. The van der Waals surface area contributed by atoms with Crippen LogP contribution >= 0.6 is 0 Å². The zero-order valence-electron chi connectivity index (χ0n) is 10.2. The quantitative estimate of drug-likeness (QED) is 0.811. The Bertz CT molecular complexity index is 568. The molecule has 96 valence electrons. The molecule has 1 aromatic heterocycles. The molecule has 1 aromatic carbocycles. The summed E-state index contributed by atoms with van der Waals surface area (Å²) in [6.45, 7) is 3.49. The Morgan fingerprint density at radius 2 is 2.33 bits per heavy atom. The van der Waals surface area contributed by atoms with Gasteiger partial charge in [0.1, 0.15) is 5.82 Å². The van der Waals surface area contributed by atoms with Crippen LogP contribution in [0.4, 0.5) is 10.3 Å². The number of aromatic amines is 1. The first-order chi connectivity index (χ1) is 8.63. The number of β-amino-alcohol motifs (C(OH)–C–C–N with tert-alkyl or cyclic N) is 1. The van der Waals surface area contributed by atoms with Gasteiger partial charge in [0.05, 0.1) is 17.1 Å². The molecule has 0 saturated carbocycles. The van der Waals surface area contributed by atoms with Crippen molar-refractivity contribution in [3.8, 4) is 0 Å². The maximum absolute atomic E-state index is 13.1. The first-order valence-corrected chi connectivity index (χ1v) is 6.22. The minimum Gasteiger partial charge on any atom is -0.391 e. The van der Waals surface area contributed by atoms with Gasteiger partial charge in [-0.25, -0.2) is 9.37 Å². The number of rotatable bonds is 1. The van der Waals surface area contributed by atoms with Crippen molar-refractivity contribution >= 4 is 17.0 Å². The summed E-state index contributed by atoms with van der Waals surface area (Å²) in [6, 6.07) is 4.50. The van der Waals surface area contributed by atoms with E-state index in [4.69, 9.17) is 0 Å². The third-order valence-electron chi connectivity index (χ3n) is 3.65. The highest BCUT2D eigenvalue weighted by atomic mass is 19.1. The number of hydrogen-bond acceptors (Lipinski definition) is 3. The summed E-state index contributed by atoms with van der Waals surface area (Å²) in [6.07, 6.45) is 0.607. The second kappa shape index (κ2) is 4.24. The van der Waals surface area contributed by atoms with Gasteiger partial charge in [-0.1, -0.05) is 6.92 Å². The third kappa shape index (κ3) is 1.95. The van der Waals surface area contributed by atoms with Crippen molar-refractivity contribution in [3.05, 3.63) is 24.0 Å². The lowest BCUT2D eigenvalue weighted by atomic mass is 9.96. The molecule has 2 aromatic rings. The monoisotopic (exact) mass is 249 g/mol. The van der Waals surface area contributed by atoms with Crippen molar-refractivity contribution in [2.24, 2.45) is 5.92 Å². The van der Waals surface area contributed by atoms with E-state index in [9.17, 15) is 9.50 Å². The van der Waals surface area contributed by atoms with E-state index in [0.717, 1.165) is 18.5 Å². The number of nitrogens with one attached hydrogen (secondary N) is 1. The molecular weight excluding hydrogens is 233 g/mol. The fraction of sp³-hybridized carbons (Fsp3) is 0.462. The maximum atomic E-state index is 13.1. The molecule has 1 aliphatic heterocycles. The first kappa shape index (κ1) is 11.5. The number of halogens is 1. The molecule has 2 unspecified atom stereocenters. The third-order valence-corrected chi connectivity index (χ3v) is 3.65. The summed E-state index contributed by atoms with van der Waals surface area (Å²) >= 11 is 0. The van der Waals surface area contributed by atoms with Gasteiger partial charge >= 0.3 is 0 Å².